The third kappa shape index (κ3) is 2.88. The quantitative estimate of drug-likeness (QED) is 0.671. The fraction of sp³-hybridized carbons (Fsp3) is 0.133. The fourth-order valence-electron chi connectivity index (χ4n) is 2.20. The lowest BCUT2D eigenvalue weighted by Gasteiger charge is -2.18. The SMILES string of the molecule is CN(C(=O)c1cccc(NN)c1)c1ccc2c(c1)OC(F)(F)O2. The van der Waals surface area contributed by atoms with Crippen molar-refractivity contribution in [3.63, 3.8) is 0 Å². The molecule has 6 nitrogen and oxygen atoms in total. The van der Waals surface area contributed by atoms with Crippen molar-refractivity contribution >= 4 is 17.3 Å². The summed E-state index contributed by atoms with van der Waals surface area (Å²) in [5.41, 5.74) is 3.82. The zero-order valence-corrected chi connectivity index (χ0v) is 12.0. The van der Waals surface area contributed by atoms with E-state index in [1.165, 1.54) is 30.1 Å². The van der Waals surface area contributed by atoms with E-state index in [-0.39, 0.29) is 17.4 Å². The van der Waals surface area contributed by atoms with Crippen LogP contribution >= 0.6 is 0 Å². The molecule has 2 aromatic rings. The first-order chi connectivity index (χ1) is 10.9. The number of halogens is 2. The lowest BCUT2D eigenvalue weighted by Crippen LogP contribution is -2.26. The molecule has 0 fully saturated rings. The molecule has 0 aliphatic carbocycles. The van der Waals surface area contributed by atoms with Gasteiger partial charge in [-0.25, -0.2) is 0 Å². The van der Waals surface area contributed by atoms with Gasteiger partial charge in [0.1, 0.15) is 0 Å². The van der Waals surface area contributed by atoms with Crippen LogP contribution in [-0.2, 0) is 0 Å². The van der Waals surface area contributed by atoms with Crippen LogP contribution in [0.4, 0.5) is 20.2 Å². The normalized spacial score (nSPS) is 14.4. The maximum absolute atomic E-state index is 13.0. The third-order valence-corrected chi connectivity index (χ3v) is 3.35. The van der Waals surface area contributed by atoms with Gasteiger partial charge in [-0.1, -0.05) is 6.07 Å². The minimum Gasteiger partial charge on any atom is -0.395 e. The zero-order valence-electron chi connectivity index (χ0n) is 12.0. The Balaban J connectivity index is 1.86. The highest BCUT2D eigenvalue weighted by atomic mass is 19.3. The van der Waals surface area contributed by atoms with Crippen molar-refractivity contribution in [1.29, 1.82) is 0 Å². The number of hydrogen-bond donors (Lipinski definition) is 2. The number of fused-ring (bicyclic) bond motifs is 1. The van der Waals surface area contributed by atoms with Crippen LogP contribution in [0.3, 0.4) is 0 Å². The molecule has 3 N–H and O–H groups in total. The molecule has 1 aliphatic heterocycles. The molecule has 1 aliphatic rings. The monoisotopic (exact) mass is 321 g/mol. The predicted octanol–water partition coefficient (Wildman–Crippen LogP) is 2.57. The molecule has 23 heavy (non-hydrogen) atoms. The van der Waals surface area contributed by atoms with E-state index in [4.69, 9.17) is 5.84 Å². The van der Waals surface area contributed by atoms with Crippen molar-refractivity contribution in [1.82, 2.24) is 0 Å². The maximum atomic E-state index is 13.0. The zero-order chi connectivity index (χ0) is 16.6. The van der Waals surface area contributed by atoms with Crippen molar-refractivity contribution in [3.05, 3.63) is 48.0 Å². The van der Waals surface area contributed by atoms with Crippen molar-refractivity contribution in [2.24, 2.45) is 5.84 Å². The molecule has 2 aromatic carbocycles. The molecule has 8 heteroatoms. The number of nitrogens with two attached hydrogens (primary N) is 1. The average Bonchev–Trinajstić information content (AvgIpc) is 2.86. The van der Waals surface area contributed by atoms with Crippen molar-refractivity contribution in [2.45, 2.75) is 6.29 Å². The second-order valence-corrected chi connectivity index (χ2v) is 4.89. The van der Waals surface area contributed by atoms with Crippen LogP contribution in [0.15, 0.2) is 42.5 Å². The number of carbonyl (C=O) groups excluding carboxylic acids is 1. The number of nitrogens with one attached hydrogen (secondary N) is 1. The number of hydrazine groups is 1. The second-order valence-electron chi connectivity index (χ2n) is 4.89. The lowest BCUT2D eigenvalue weighted by molar-refractivity contribution is -0.286. The van der Waals surface area contributed by atoms with Crippen LogP contribution in [-0.4, -0.2) is 19.2 Å². The smallest absolute Gasteiger partial charge is 0.395 e. The fourth-order valence-corrected chi connectivity index (χ4v) is 2.20. The highest BCUT2D eigenvalue weighted by Crippen LogP contribution is 2.42. The highest BCUT2D eigenvalue weighted by Gasteiger charge is 2.43. The van der Waals surface area contributed by atoms with E-state index in [9.17, 15) is 13.6 Å². The molecule has 0 aromatic heterocycles. The standard InChI is InChI=1S/C15H13F2N3O3/c1-20(14(21)9-3-2-4-10(7-9)19-18)11-5-6-12-13(8-11)23-15(16,17)22-12/h2-8,19H,18H2,1H3. The Morgan fingerprint density at radius 1 is 1.17 bits per heavy atom. The van der Waals surface area contributed by atoms with Crippen molar-refractivity contribution in [2.75, 3.05) is 17.4 Å². The topological polar surface area (TPSA) is 76.8 Å². The van der Waals surface area contributed by atoms with Gasteiger partial charge in [-0.2, -0.15) is 0 Å². The number of nitrogens with zero attached hydrogens (tertiary/aromatic N) is 1. The van der Waals surface area contributed by atoms with Gasteiger partial charge >= 0.3 is 6.29 Å². The number of amides is 1. The molecule has 0 radical (unpaired) electrons. The first kappa shape index (κ1) is 15.0. The summed E-state index contributed by atoms with van der Waals surface area (Å²) >= 11 is 0. The van der Waals surface area contributed by atoms with Crippen molar-refractivity contribution in [3.8, 4) is 11.5 Å². The Morgan fingerprint density at radius 2 is 1.91 bits per heavy atom. The summed E-state index contributed by atoms with van der Waals surface area (Å²) < 4.78 is 34.8. The van der Waals surface area contributed by atoms with Crippen LogP contribution in [0.1, 0.15) is 10.4 Å². The first-order valence-electron chi connectivity index (χ1n) is 6.64. The largest absolute Gasteiger partial charge is 0.586 e. The van der Waals surface area contributed by atoms with E-state index >= 15 is 0 Å². The van der Waals surface area contributed by atoms with E-state index in [1.807, 2.05) is 0 Å². The number of carbonyl (C=O) groups is 1. The number of nitrogen functional groups attached to an aromatic ring is 1. The Bertz CT molecular complexity index is 767. The Morgan fingerprint density at radius 3 is 2.65 bits per heavy atom. The van der Waals surface area contributed by atoms with Gasteiger partial charge in [0.05, 0.1) is 0 Å². The molecule has 1 heterocycles. The van der Waals surface area contributed by atoms with E-state index in [0.29, 0.717) is 16.9 Å². The lowest BCUT2D eigenvalue weighted by atomic mass is 10.1. The van der Waals surface area contributed by atoms with Gasteiger partial charge in [0.25, 0.3) is 5.91 Å². The van der Waals surface area contributed by atoms with Gasteiger partial charge in [0, 0.05) is 30.1 Å². The van der Waals surface area contributed by atoms with Crippen molar-refractivity contribution < 1.29 is 23.0 Å². The highest BCUT2D eigenvalue weighted by molar-refractivity contribution is 6.06. The Kier molecular flexibility index (Phi) is 3.53. The number of ether oxygens (including phenoxy) is 2. The number of anilines is 2. The average molecular weight is 321 g/mol. The summed E-state index contributed by atoms with van der Waals surface area (Å²) in [6.45, 7) is 0. The Hall–Kier alpha value is -2.87. The van der Waals surface area contributed by atoms with Gasteiger partial charge in [0.15, 0.2) is 11.5 Å². The molecule has 0 bridgehead atoms. The number of alkyl halides is 2. The van der Waals surface area contributed by atoms with Gasteiger partial charge in [-0.05, 0) is 30.3 Å². The second kappa shape index (κ2) is 5.40. The Labute approximate surface area is 130 Å². The van der Waals surface area contributed by atoms with E-state index in [0.717, 1.165) is 0 Å². The number of rotatable bonds is 3. The summed E-state index contributed by atoms with van der Waals surface area (Å²) in [5.74, 6) is 4.79. The molecule has 0 saturated heterocycles. The van der Waals surface area contributed by atoms with Gasteiger partial charge in [0.2, 0.25) is 0 Å². The van der Waals surface area contributed by atoms with E-state index in [1.54, 1.807) is 24.3 Å². The molecular weight excluding hydrogens is 308 g/mol. The molecule has 0 atom stereocenters. The summed E-state index contributed by atoms with van der Waals surface area (Å²) in [6.07, 6.45) is -3.69. The van der Waals surface area contributed by atoms with Gasteiger partial charge in [-0.15, -0.1) is 8.78 Å². The molecule has 3 rings (SSSR count). The van der Waals surface area contributed by atoms with Crippen LogP contribution in [0.5, 0.6) is 11.5 Å². The molecule has 1 amide bonds. The number of benzene rings is 2. The maximum Gasteiger partial charge on any atom is 0.586 e. The number of hydrogen-bond acceptors (Lipinski definition) is 5. The van der Waals surface area contributed by atoms with Crippen LogP contribution in [0.25, 0.3) is 0 Å². The van der Waals surface area contributed by atoms with E-state index in [2.05, 4.69) is 14.9 Å². The minimum absolute atomic E-state index is 0.0751. The summed E-state index contributed by atoms with van der Waals surface area (Å²) in [7, 11) is 1.53. The molecule has 120 valence electrons. The minimum atomic E-state index is -3.69. The summed E-state index contributed by atoms with van der Waals surface area (Å²) in [6, 6.07) is 10.7. The predicted molar refractivity (Wildman–Crippen MR) is 79.6 cm³/mol. The third-order valence-electron chi connectivity index (χ3n) is 3.35. The first-order valence-corrected chi connectivity index (χ1v) is 6.64. The van der Waals surface area contributed by atoms with Gasteiger partial charge < -0.3 is 19.8 Å². The van der Waals surface area contributed by atoms with Crippen LogP contribution in [0, 0.1) is 0 Å². The molecule has 0 unspecified atom stereocenters. The summed E-state index contributed by atoms with van der Waals surface area (Å²) in [5, 5.41) is 0. The van der Waals surface area contributed by atoms with Gasteiger partial charge in [-0.3, -0.25) is 10.6 Å². The molecular formula is C15H13F2N3O3. The molecule has 0 saturated carbocycles. The molecule has 0 spiro atoms. The van der Waals surface area contributed by atoms with E-state index < -0.39 is 6.29 Å². The van der Waals surface area contributed by atoms with Crippen LogP contribution in [0.2, 0.25) is 0 Å². The van der Waals surface area contributed by atoms with Crippen LogP contribution < -0.4 is 25.6 Å². The summed E-state index contributed by atoms with van der Waals surface area (Å²) in [4.78, 5) is 13.8.